The monoisotopic (exact) mass is 262 g/mol. The van der Waals surface area contributed by atoms with Crippen molar-refractivity contribution < 1.29 is 4.79 Å². The molecule has 0 unspecified atom stereocenters. The lowest BCUT2D eigenvalue weighted by molar-refractivity contribution is 0.0933. The van der Waals surface area contributed by atoms with Crippen molar-refractivity contribution in [2.24, 2.45) is 0 Å². The summed E-state index contributed by atoms with van der Waals surface area (Å²) in [6, 6.07) is 0.629. The first-order valence-electron chi connectivity index (χ1n) is 6.97. The van der Waals surface area contributed by atoms with Gasteiger partial charge in [-0.15, -0.1) is 0 Å². The van der Waals surface area contributed by atoms with Crippen molar-refractivity contribution in [1.29, 1.82) is 0 Å². The van der Waals surface area contributed by atoms with Crippen molar-refractivity contribution in [3.63, 3.8) is 0 Å². The van der Waals surface area contributed by atoms with Crippen molar-refractivity contribution in [2.75, 3.05) is 19.6 Å². The molecule has 0 saturated carbocycles. The van der Waals surface area contributed by atoms with Gasteiger partial charge in [-0.3, -0.25) is 14.7 Å². The lowest BCUT2D eigenvalue weighted by Gasteiger charge is -2.33. The number of nitrogens with zero attached hydrogens (tertiary/aromatic N) is 3. The van der Waals surface area contributed by atoms with Crippen LogP contribution in [-0.2, 0) is 0 Å². The summed E-state index contributed by atoms with van der Waals surface area (Å²) in [7, 11) is 0. The first-order chi connectivity index (χ1) is 9.16. The van der Waals surface area contributed by atoms with Crippen LogP contribution in [0.1, 0.15) is 42.4 Å². The minimum absolute atomic E-state index is 0.142. The maximum Gasteiger partial charge on any atom is 0.271 e. The zero-order valence-electron chi connectivity index (χ0n) is 11.7. The van der Waals surface area contributed by atoms with E-state index in [-0.39, 0.29) is 5.91 Å². The molecule has 1 atom stereocenters. The molecule has 2 heterocycles. The molecule has 2 rings (SSSR count). The fourth-order valence-corrected chi connectivity index (χ4v) is 2.40. The average molecular weight is 262 g/mol. The van der Waals surface area contributed by atoms with Gasteiger partial charge in [-0.1, -0.05) is 6.42 Å². The van der Waals surface area contributed by atoms with Gasteiger partial charge in [-0.05, 0) is 33.2 Å². The number of nitrogens with one attached hydrogen (secondary N) is 1. The second kappa shape index (κ2) is 6.61. The Morgan fingerprint density at radius 2 is 2.26 bits per heavy atom. The summed E-state index contributed by atoms with van der Waals surface area (Å²) in [4.78, 5) is 22.4. The quantitative estimate of drug-likeness (QED) is 0.891. The Morgan fingerprint density at radius 3 is 2.95 bits per heavy atom. The number of hydrogen-bond acceptors (Lipinski definition) is 4. The summed E-state index contributed by atoms with van der Waals surface area (Å²) in [6.07, 6.45) is 6.98. The predicted octanol–water partition coefficient (Wildman–Crippen LogP) is 1.39. The van der Waals surface area contributed by atoms with Crippen LogP contribution in [0.3, 0.4) is 0 Å². The van der Waals surface area contributed by atoms with Gasteiger partial charge in [-0.2, -0.15) is 0 Å². The third-order valence-corrected chi connectivity index (χ3v) is 3.64. The normalized spacial score (nSPS) is 20.2. The fourth-order valence-electron chi connectivity index (χ4n) is 2.40. The standard InChI is InChI=1S/C14H22N4O/c1-11-9-17-13(10-16-11)14(19)15-6-8-18-7-4-3-5-12(18)2/h9-10,12H,3-8H2,1-2H3,(H,15,19)/t12-/m1/s1. The molecular weight excluding hydrogens is 240 g/mol. The second-order valence-electron chi connectivity index (χ2n) is 5.18. The molecule has 1 amide bonds. The van der Waals surface area contributed by atoms with Gasteiger partial charge >= 0.3 is 0 Å². The minimum atomic E-state index is -0.142. The molecule has 5 heteroatoms. The summed E-state index contributed by atoms with van der Waals surface area (Å²) >= 11 is 0. The summed E-state index contributed by atoms with van der Waals surface area (Å²) < 4.78 is 0. The van der Waals surface area contributed by atoms with Gasteiger partial charge in [-0.25, -0.2) is 4.98 Å². The first kappa shape index (κ1) is 13.9. The molecule has 19 heavy (non-hydrogen) atoms. The van der Waals surface area contributed by atoms with E-state index in [2.05, 4.69) is 27.1 Å². The Labute approximate surface area is 114 Å². The summed E-state index contributed by atoms with van der Waals surface area (Å²) in [5.74, 6) is -0.142. The molecule has 0 aromatic carbocycles. The van der Waals surface area contributed by atoms with Crippen LogP contribution in [0, 0.1) is 6.92 Å². The molecule has 1 N–H and O–H groups in total. The molecule has 104 valence electrons. The number of carbonyl (C=O) groups is 1. The Kier molecular flexibility index (Phi) is 4.85. The van der Waals surface area contributed by atoms with Crippen LogP contribution in [0.15, 0.2) is 12.4 Å². The van der Waals surface area contributed by atoms with E-state index in [0.29, 0.717) is 18.3 Å². The lowest BCUT2D eigenvalue weighted by atomic mass is 10.0. The molecule has 0 radical (unpaired) electrons. The smallest absolute Gasteiger partial charge is 0.271 e. The highest BCUT2D eigenvalue weighted by molar-refractivity contribution is 5.91. The van der Waals surface area contributed by atoms with Gasteiger partial charge in [0.2, 0.25) is 0 Å². The average Bonchev–Trinajstić information content (AvgIpc) is 2.41. The molecule has 1 aromatic heterocycles. The van der Waals surface area contributed by atoms with Crippen molar-refractivity contribution in [3.8, 4) is 0 Å². The minimum Gasteiger partial charge on any atom is -0.349 e. The van der Waals surface area contributed by atoms with Crippen molar-refractivity contribution >= 4 is 5.91 Å². The van der Waals surface area contributed by atoms with E-state index in [1.54, 1.807) is 6.20 Å². The van der Waals surface area contributed by atoms with Crippen LogP contribution in [0.5, 0.6) is 0 Å². The van der Waals surface area contributed by atoms with E-state index in [9.17, 15) is 4.79 Å². The highest BCUT2D eigenvalue weighted by Crippen LogP contribution is 2.15. The number of hydrogen-bond donors (Lipinski definition) is 1. The molecule has 1 aromatic rings. The number of aryl methyl sites for hydroxylation is 1. The third kappa shape index (κ3) is 3.99. The van der Waals surface area contributed by atoms with Gasteiger partial charge in [0.25, 0.3) is 5.91 Å². The molecule has 0 bridgehead atoms. The number of amides is 1. The summed E-state index contributed by atoms with van der Waals surface area (Å²) in [5.41, 5.74) is 1.20. The molecule has 5 nitrogen and oxygen atoms in total. The van der Waals surface area contributed by atoms with Crippen molar-refractivity contribution in [1.82, 2.24) is 20.2 Å². The van der Waals surface area contributed by atoms with Crippen molar-refractivity contribution in [2.45, 2.75) is 39.2 Å². The molecule has 0 spiro atoms. The molecule has 0 aliphatic carbocycles. The topological polar surface area (TPSA) is 58.1 Å². The Hall–Kier alpha value is -1.49. The maximum absolute atomic E-state index is 11.8. The first-order valence-corrected chi connectivity index (χ1v) is 6.97. The number of aromatic nitrogens is 2. The summed E-state index contributed by atoms with van der Waals surface area (Å²) in [5, 5.41) is 2.90. The van der Waals surface area contributed by atoms with Crippen LogP contribution in [0.2, 0.25) is 0 Å². The van der Waals surface area contributed by atoms with E-state index >= 15 is 0 Å². The van der Waals surface area contributed by atoms with E-state index < -0.39 is 0 Å². The number of carbonyl (C=O) groups excluding carboxylic acids is 1. The predicted molar refractivity (Wildman–Crippen MR) is 74.0 cm³/mol. The highest BCUT2D eigenvalue weighted by Gasteiger charge is 2.17. The van der Waals surface area contributed by atoms with E-state index in [1.165, 1.54) is 25.5 Å². The summed E-state index contributed by atoms with van der Waals surface area (Å²) in [6.45, 7) is 6.82. The number of likely N-dealkylation sites (tertiary alicyclic amines) is 1. The SMILES string of the molecule is Cc1cnc(C(=O)NCCN2CCCC[C@H]2C)cn1. The zero-order valence-corrected chi connectivity index (χ0v) is 11.7. The molecule has 1 aliphatic rings. The Morgan fingerprint density at radius 1 is 1.42 bits per heavy atom. The van der Waals surface area contributed by atoms with Gasteiger partial charge in [0, 0.05) is 25.3 Å². The van der Waals surface area contributed by atoms with E-state index in [4.69, 9.17) is 0 Å². The van der Waals surface area contributed by atoms with Crippen LogP contribution in [-0.4, -0.2) is 46.5 Å². The highest BCUT2D eigenvalue weighted by atomic mass is 16.1. The molecule has 1 fully saturated rings. The van der Waals surface area contributed by atoms with Crippen LogP contribution in [0.25, 0.3) is 0 Å². The van der Waals surface area contributed by atoms with Gasteiger partial charge in [0.05, 0.1) is 11.9 Å². The van der Waals surface area contributed by atoms with Gasteiger partial charge < -0.3 is 5.32 Å². The molecule has 1 aliphatic heterocycles. The molecule has 1 saturated heterocycles. The van der Waals surface area contributed by atoms with Crippen molar-refractivity contribution in [3.05, 3.63) is 23.8 Å². The molecular formula is C14H22N4O. The fraction of sp³-hybridized carbons (Fsp3) is 0.643. The largest absolute Gasteiger partial charge is 0.349 e. The van der Waals surface area contributed by atoms with E-state index in [1.807, 2.05) is 6.92 Å². The van der Waals surface area contributed by atoms with Gasteiger partial charge in [0.1, 0.15) is 5.69 Å². The van der Waals surface area contributed by atoms with E-state index in [0.717, 1.165) is 18.8 Å². The van der Waals surface area contributed by atoms with Crippen LogP contribution < -0.4 is 5.32 Å². The third-order valence-electron chi connectivity index (χ3n) is 3.64. The Balaban J connectivity index is 1.76. The second-order valence-corrected chi connectivity index (χ2v) is 5.18. The van der Waals surface area contributed by atoms with Gasteiger partial charge in [0.15, 0.2) is 0 Å². The maximum atomic E-state index is 11.8. The Bertz CT molecular complexity index is 418. The number of rotatable bonds is 4. The zero-order chi connectivity index (χ0) is 13.7. The van der Waals surface area contributed by atoms with Crippen LogP contribution in [0.4, 0.5) is 0 Å². The lowest BCUT2D eigenvalue weighted by Crippen LogP contribution is -2.42. The van der Waals surface area contributed by atoms with Crippen LogP contribution >= 0.6 is 0 Å². The number of piperidine rings is 1.